The molecule has 1 aliphatic rings. The minimum absolute atomic E-state index is 0.0187. The van der Waals surface area contributed by atoms with E-state index < -0.39 is 0 Å². The second kappa shape index (κ2) is 6.80. The van der Waals surface area contributed by atoms with Crippen molar-refractivity contribution in [2.24, 2.45) is 5.92 Å². The summed E-state index contributed by atoms with van der Waals surface area (Å²) in [6.45, 7) is 2.15. The Labute approximate surface area is 115 Å². The molecule has 0 unspecified atom stereocenters. The molecule has 98 valence electrons. The Morgan fingerprint density at radius 1 is 1.39 bits per heavy atom. The third-order valence-corrected chi connectivity index (χ3v) is 3.54. The van der Waals surface area contributed by atoms with Gasteiger partial charge in [-0.25, -0.2) is 9.97 Å². The van der Waals surface area contributed by atoms with Crippen molar-refractivity contribution in [3.8, 4) is 0 Å². The number of anilines is 1. The van der Waals surface area contributed by atoms with Crippen LogP contribution in [0.3, 0.4) is 0 Å². The second-order valence-corrected chi connectivity index (χ2v) is 5.32. The van der Waals surface area contributed by atoms with E-state index in [0.29, 0.717) is 22.8 Å². The molecule has 1 saturated heterocycles. The van der Waals surface area contributed by atoms with Crippen LogP contribution in [-0.4, -0.2) is 29.0 Å². The van der Waals surface area contributed by atoms with Gasteiger partial charge < -0.3 is 10.6 Å². The number of nitrogens with one attached hydrogen (secondary N) is 2. The molecule has 0 aromatic carbocycles. The molecule has 0 atom stereocenters. The molecule has 1 aliphatic heterocycles. The summed E-state index contributed by atoms with van der Waals surface area (Å²) in [5.74, 6) is 1.20. The van der Waals surface area contributed by atoms with Gasteiger partial charge in [-0.15, -0.1) is 0 Å². The van der Waals surface area contributed by atoms with Gasteiger partial charge >= 0.3 is 0 Å². The lowest BCUT2D eigenvalue weighted by atomic mass is 9.93. The van der Waals surface area contributed by atoms with Gasteiger partial charge in [0.1, 0.15) is 4.60 Å². The van der Waals surface area contributed by atoms with Gasteiger partial charge in [-0.1, -0.05) is 0 Å². The summed E-state index contributed by atoms with van der Waals surface area (Å²) >= 11 is 3.20. The highest BCUT2D eigenvalue weighted by atomic mass is 79.9. The zero-order valence-corrected chi connectivity index (χ0v) is 11.7. The summed E-state index contributed by atoms with van der Waals surface area (Å²) in [4.78, 5) is 19.8. The lowest BCUT2D eigenvalue weighted by Crippen LogP contribution is -2.28. The van der Waals surface area contributed by atoms with Crippen LogP contribution in [0.25, 0.3) is 0 Å². The molecule has 0 radical (unpaired) electrons. The number of rotatable bonds is 4. The van der Waals surface area contributed by atoms with E-state index in [1.165, 1.54) is 12.8 Å². The van der Waals surface area contributed by atoms with Crippen molar-refractivity contribution in [2.75, 3.05) is 18.4 Å². The topological polar surface area (TPSA) is 66.9 Å². The van der Waals surface area contributed by atoms with E-state index in [1.54, 1.807) is 12.4 Å². The van der Waals surface area contributed by atoms with E-state index in [2.05, 4.69) is 36.5 Å². The molecule has 0 saturated carbocycles. The first kappa shape index (κ1) is 13.4. The molecule has 2 N–H and O–H groups in total. The maximum atomic E-state index is 11.7. The van der Waals surface area contributed by atoms with Gasteiger partial charge in [0.15, 0.2) is 5.82 Å². The number of carbonyl (C=O) groups is 1. The van der Waals surface area contributed by atoms with Crippen molar-refractivity contribution in [3.63, 3.8) is 0 Å². The van der Waals surface area contributed by atoms with Crippen molar-refractivity contribution in [1.82, 2.24) is 15.3 Å². The van der Waals surface area contributed by atoms with Crippen LogP contribution in [0.2, 0.25) is 0 Å². The second-order valence-electron chi connectivity index (χ2n) is 4.50. The highest BCUT2D eigenvalue weighted by Crippen LogP contribution is 2.18. The predicted molar refractivity (Wildman–Crippen MR) is 73.2 cm³/mol. The van der Waals surface area contributed by atoms with Crippen molar-refractivity contribution in [1.29, 1.82) is 0 Å². The molecular formula is C12H17BrN4O. The van der Waals surface area contributed by atoms with Crippen molar-refractivity contribution in [2.45, 2.75) is 25.7 Å². The number of aromatic nitrogens is 2. The third-order valence-electron chi connectivity index (χ3n) is 3.13. The molecule has 6 heteroatoms. The zero-order valence-electron chi connectivity index (χ0n) is 10.2. The van der Waals surface area contributed by atoms with Crippen LogP contribution in [0.5, 0.6) is 0 Å². The number of amides is 1. The lowest BCUT2D eigenvalue weighted by molar-refractivity contribution is -0.116. The summed E-state index contributed by atoms with van der Waals surface area (Å²) in [6.07, 6.45) is 6.98. The van der Waals surface area contributed by atoms with E-state index in [9.17, 15) is 4.79 Å². The van der Waals surface area contributed by atoms with Gasteiger partial charge in [0, 0.05) is 6.42 Å². The van der Waals surface area contributed by atoms with Gasteiger partial charge in [0.2, 0.25) is 5.91 Å². The summed E-state index contributed by atoms with van der Waals surface area (Å²) in [7, 11) is 0. The van der Waals surface area contributed by atoms with Crippen LogP contribution in [0.4, 0.5) is 5.82 Å². The van der Waals surface area contributed by atoms with Crippen LogP contribution in [0.1, 0.15) is 25.7 Å². The van der Waals surface area contributed by atoms with Crippen LogP contribution < -0.4 is 10.6 Å². The van der Waals surface area contributed by atoms with Crippen LogP contribution >= 0.6 is 15.9 Å². The Morgan fingerprint density at radius 2 is 2.17 bits per heavy atom. The van der Waals surface area contributed by atoms with Gasteiger partial charge in [0.25, 0.3) is 0 Å². The number of piperidine rings is 1. The summed E-state index contributed by atoms with van der Waals surface area (Å²) in [5, 5.41) is 6.08. The standard InChI is InChI=1S/C12H17BrN4O/c13-10-7-16-11(8-15-10)17-12(18)2-1-9-3-5-14-6-4-9/h7-9,14H,1-6H2,(H,16,17,18). The fraction of sp³-hybridized carbons (Fsp3) is 0.583. The molecule has 0 spiro atoms. The van der Waals surface area contributed by atoms with E-state index in [-0.39, 0.29) is 5.91 Å². The molecule has 5 nitrogen and oxygen atoms in total. The molecule has 1 aromatic heterocycles. The van der Waals surface area contributed by atoms with Gasteiger partial charge in [-0.05, 0) is 54.2 Å². The summed E-state index contributed by atoms with van der Waals surface area (Å²) in [5.41, 5.74) is 0. The van der Waals surface area contributed by atoms with Gasteiger partial charge in [0.05, 0.1) is 12.4 Å². The zero-order chi connectivity index (χ0) is 12.8. The van der Waals surface area contributed by atoms with Crippen molar-refractivity contribution < 1.29 is 4.79 Å². The largest absolute Gasteiger partial charge is 0.317 e. The Balaban J connectivity index is 1.73. The van der Waals surface area contributed by atoms with Crippen molar-refractivity contribution >= 4 is 27.7 Å². The Bertz CT molecular complexity index is 390. The molecule has 1 amide bonds. The molecule has 1 aromatic rings. The molecule has 18 heavy (non-hydrogen) atoms. The average molecular weight is 313 g/mol. The SMILES string of the molecule is O=C(CCC1CCNCC1)Nc1cnc(Br)cn1. The molecular weight excluding hydrogens is 296 g/mol. The Morgan fingerprint density at radius 3 is 2.83 bits per heavy atom. The molecule has 0 bridgehead atoms. The maximum absolute atomic E-state index is 11.7. The minimum atomic E-state index is 0.0187. The van der Waals surface area contributed by atoms with E-state index in [1.807, 2.05) is 0 Å². The van der Waals surface area contributed by atoms with Crippen LogP contribution in [0, 0.1) is 5.92 Å². The molecule has 1 fully saturated rings. The summed E-state index contributed by atoms with van der Waals surface area (Å²) in [6, 6.07) is 0. The lowest BCUT2D eigenvalue weighted by Gasteiger charge is -2.22. The number of carbonyl (C=O) groups excluding carboxylic acids is 1. The fourth-order valence-corrected chi connectivity index (χ4v) is 2.29. The monoisotopic (exact) mass is 312 g/mol. The van der Waals surface area contributed by atoms with Crippen LogP contribution in [0.15, 0.2) is 17.0 Å². The van der Waals surface area contributed by atoms with E-state index >= 15 is 0 Å². The summed E-state index contributed by atoms with van der Waals surface area (Å²) < 4.78 is 0.662. The normalized spacial score (nSPS) is 16.5. The van der Waals surface area contributed by atoms with Gasteiger partial charge in [-0.3, -0.25) is 4.79 Å². The van der Waals surface area contributed by atoms with Crippen LogP contribution in [-0.2, 0) is 4.79 Å². The third kappa shape index (κ3) is 4.34. The Hall–Kier alpha value is -1.01. The Kier molecular flexibility index (Phi) is 5.07. The number of nitrogens with zero attached hydrogens (tertiary/aromatic N) is 2. The van der Waals surface area contributed by atoms with Crippen molar-refractivity contribution in [3.05, 3.63) is 17.0 Å². The smallest absolute Gasteiger partial charge is 0.225 e. The highest BCUT2D eigenvalue weighted by molar-refractivity contribution is 9.10. The predicted octanol–water partition coefficient (Wildman–Crippen LogP) is 1.96. The molecule has 2 heterocycles. The number of hydrogen-bond acceptors (Lipinski definition) is 4. The quantitative estimate of drug-likeness (QED) is 0.892. The first-order valence-corrected chi connectivity index (χ1v) is 7.01. The average Bonchev–Trinajstić information content (AvgIpc) is 2.40. The fourth-order valence-electron chi connectivity index (χ4n) is 2.09. The first-order valence-electron chi connectivity index (χ1n) is 6.22. The maximum Gasteiger partial charge on any atom is 0.225 e. The highest BCUT2D eigenvalue weighted by Gasteiger charge is 2.14. The minimum Gasteiger partial charge on any atom is -0.317 e. The number of halogens is 1. The molecule has 2 rings (SSSR count). The number of hydrogen-bond donors (Lipinski definition) is 2. The molecule has 0 aliphatic carbocycles. The van der Waals surface area contributed by atoms with E-state index in [0.717, 1.165) is 19.5 Å². The van der Waals surface area contributed by atoms with Gasteiger partial charge in [-0.2, -0.15) is 0 Å². The van der Waals surface area contributed by atoms with E-state index in [4.69, 9.17) is 0 Å². The first-order chi connectivity index (χ1) is 8.74.